The standard InChI is InChI=1S/C9H13FN2/c1-2-8(11)7-5-6(10)3-4-9(7)12/h3-5,8H,2,11-12H2,1H3. The molecular weight excluding hydrogens is 155 g/mol. The monoisotopic (exact) mass is 168 g/mol. The lowest BCUT2D eigenvalue weighted by atomic mass is 10.0. The van der Waals surface area contributed by atoms with Gasteiger partial charge in [-0.25, -0.2) is 4.39 Å². The summed E-state index contributed by atoms with van der Waals surface area (Å²) in [5.74, 6) is -0.289. The highest BCUT2D eigenvalue weighted by atomic mass is 19.1. The molecule has 0 fully saturated rings. The van der Waals surface area contributed by atoms with Gasteiger partial charge in [-0.3, -0.25) is 0 Å². The van der Waals surface area contributed by atoms with E-state index < -0.39 is 0 Å². The molecule has 0 heterocycles. The third-order valence-electron chi connectivity index (χ3n) is 1.89. The third kappa shape index (κ3) is 1.74. The molecule has 0 radical (unpaired) electrons. The predicted octanol–water partition coefficient (Wildman–Crippen LogP) is 1.82. The molecule has 1 aromatic rings. The third-order valence-corrected chi connectivity index (χ3v) is 1.89. The van der Waals surface area contributed by atoms with E-state index in [9.17, 15) is 4.39 Å². The van der Waals surface area contributed by atoms with Crippen LogP contribution < -0.4 is 11.5 Å². The molecule has 0 saturated heterocycles. The van der Waals surface area contributed by atoms with Crippen molar-refractivity contribution in [3.63, 3.8) is 0 Å². The van der Waals surface area contributed by atoms with Crippen LogP contribution in [0.5, 0.6) is 0 Å². The number of hydrogen-bond acceptors (Lipinski definition) is 2. The molecule has 0 saturated carbocycles. The van der Waals surface area contributed by atoms with Crippen molar-refractivity contribution in [3.05, 3.63) is 29.6 Å². The van der Waals surface area contributed by atoms with Crippen LogP contribution in [0.2, 0.25) is 0 Å². The van der Waals surface area contributed by atoms with Crippen molar-refractivity contribution in [1.82, 2.24) is 0 Å². The van der Waals surface area contributed by atoms with Crippen LogP contribution in [-0.4, -0.2) is 0 Å². The van der Waals surface area contributed by atoms with E-state index in [-0.39, 0.29) is 11.9 Å². The van der Waals surface area contributed by atoms with E-state index in [1.54, 1.807) is 6.07 Å². The molecule has 3 heteroatoms. The lowest BCUT2D eigenvalue weighted by Crippen LogP contribution is -2.11. The summed E-state index contributed by atoms with van der Waals surface area (Å²) in [6.07, 6.45) is 0.758. The van der Waals surface area contributed by atoms with Crippen molar-refractivity contribution in [2.45, 2.75) is 19.4 Å². The second kappa shape index (κ2) is 3.54. The quantitative estimate of drug-likeness (QED) is 0.662. The Kier molecular flexibility index (Phi) is 2.65. The first kappa shape index (κ1) is 9.00. The van der Waals surface area contributed by atoms with Gasteiger partial charge in [0, 0.05) is 11.7 Å². The van der Waals surface area contributed by atoms with Crippen LogP contribution in [0, 0.1) is 5.82 Å². The lowest BCUT2D eigenvalue weighted by Gasteiger charge is -2.11. The molecular formula is C9H13FN2. The zero-order chi connectivity index (χ0) is 9.14. The minimum absolute atomic E-state index is 0.166. The van der Waals surface area contributed by atoms with Crippen molar-refractivity contribution in [2.75, 3.05) is 5.73 Å². The molecule has 4 N–H and O–H groups in total. The fraction of sp³-hybridized carbons (Fsp3) is 0.333. The zero-order valence-electron chi connectivity index (χ0n) is 7.05. The molecule has 0 bridgehead atoms. The predicted molar refractivity (Wildman–Crippen MR) is 48.0 cm³/mol. The molecule has 0 aliphatic carbocycles. The maximum absolute atomic E-state index is 12.7. The number of hydrogen-bond donors (Lipinski definition) is 2. The normalized spacial score (nSPS) is 12.9. The number of nitrogen functional groups attached to an aromatic ring is 1. The number of nitrogens with two attached hydrogens (primary N) is 2. The molecule has 2 nitrogen and oxygen atoms in total. The van der Waals surface area contributed by atoms with E-state index >= 15 is 0 Å². The maximum atomic E-state index is 12.7. The summed E-state index contributed by atoms with van der Waals surface area (Å²) in [5.41, 5.74) is 12.6. The van der Waals surface area contributed by atoms with Gasteiger partial charge in [0.15, 0.2) is 0 Å². The average Bonchev–Trinajstić information content (AvgIpc) is 2.08. The summed E-state index contributed by atoms with van der Waals surface area (Å²) in [6.45, 7) is 1.94. The molecule has 1 rings (SSSR count). The van der Waals surface area contributed by atoms with E-state index in [0.29, 0.717) is 11.3 Å². The minimum Gasteiger partial charge on any atom is -0.398 e. The summed E-state index contributed by atoms with van der Waals surface area (Å²) in [4.78, 5) is 0. The molecule has 12 heavy (non-hydrogen) atoms. The van der Waals surface area contributed by atoms with Crippen LogP contribution >= 0.6 is 0 Å². The van der Waals surface area contributed by atoms with Gasteiger partial charge in [-0.2, -0.15) is 0 Å². The summed E-state index contributed by atoms with van der Waals surface area (Å²) < 4.78 is 12.7. The zero-order valence-corrected chi connectivity index (χ0v) is 7.05. The van der Waals surface area contributed by atoms with Crippen molar-refractivity contribution in [1.29, 1.82) is 0 Å². The van der Waals surface area contributed by atoms with Gasteiger partial charge in [0.05, 0.1) is 0 Å². The summed E-state index contributed by atoms with van der Waals surface area (Å²) in [6, 6.07) is 4.10. The van der Waals surface area contributed by atoms with Crippen molar-refractivity contribution in [3.8, 4) is 0 Å². The van der Waals surface area contributed by atoms with Gasteiger partial charge in [0.2, 0.25) is 0 Å². The summed E-state index contributed by atoms with van der Waals surface area (Å²) in [7, 11) is 0. The maximum Gasteiger partial charge on any atom is 0.123 e. The highest BCUT2D eigenvalue weighted by molar-refractivity contribution is 5.48. The Morgan fingerprint density at radius 3 is 2.75 bits per heavy atom. The molecule has 0 aromatic heterocycles. The van der Waals surface area contributed by atoms with Gasteiger partial charge in [-0.05, 0) is 30.2 Å². The SMILES string of the molecule is CCC(N)c1cc(F)ccc1N. The van der Waals surface area contributed by atoms with Crippen LogP contribution in [-0.2, 0) is 0 Å². The van der Waals surface area contributed by atoms with Gasteiger partial charge >= 0.3 is 0 Å². The van der Waals surface area contributed by atoms with E-state index in [1.165, 1.54) is 12.1 Å². The van der Waals surface area contributed by atoms with Crippen molar-refractivity contribution >= 4 is 5.69 Å². The molecule has 0 aliphatic heterocycles. The Bertz CT molecular complexity index is 273. The second-order valence-electron chi connectivity index (χ2n) is 2.79. The van der Waals surface area contributed by atoms with E-state index in [2.05, 4.69) is 0 Å². The van der Waals surface area contributed by atoms with E-state index in [1.807, 2.05) is 6.92 Å². The van der Waals surface area contributed by atoms with Crippen LogP contribution in [0.1, 0.15) is 24.9 Å². The Labute approximate surface area is 71.4 Å². The molecule has 0 aliphatic rings. The smallest absolute Gasteiger partial charge is 0.123 e. The van der Waals surface area contributed by atoms with Crippen molar-refractivity contribution in [2.24, 2.45) is 5.73 Å². The Morgan fingerprint density at radius 1 is 1.50 bits per heavy atom. The molecule has 1 atom stereocenters. The first-order valence-electron chi connectivity index (χ1n) is 3.95. The van der Waals surface area contributed by atoms with E-state index in [0.717, 1.165) is 6.42 Å². The Morgan fingerprint density at radius 2 is 2.17 bits per heavy atom. The van der Waals surface area contributed by atoms with Crippen LogP contribution in [0.25, 0.3) is 0 Å². The van der Waals surface area contributed by atoms with E-state index in [4.69, 9.17) is 11.5 Å². The van der Waals surface area contributed by atoms with Crippen LogP contribution in [0.3, 0.4) is 0 Å². The molecule has 1 aromatic carbocycles. The first-order chi connectivity index (χ1) is 5.65. The molecule has 1 unspecified atom stereocenters. The Balaban J connectivity index is 3.04. The first-order valence-corrected chi connectivity index (χ1v) is 3.95. The summed E-state index contributed by atoms with van der Waals surface area (Å²) in [5, 5.41) is 0. The van der Waals surface area contributed by atoms with Crippen LogP contribution in [0.4, 0.5) is 10.1 Å². The van der Waals surface area contributed by atoms with Gasteiger partial charge in [0.1, 0.15) is 5.82 Å². The lowest BCUT2D eigenvalue weighted by molar-refractivity contribution is 0.617. The van der Waals surface area contributed by atoms with Gasteiger partial charge in [-0.1, -0.05) is 6.92 Å². The minimum atomic E-state index is -0.289. The number of rotatable bonds is 2. The topological polar surface area (TPSA) is 52.0 Å². The summed E-state index contributed by atoms with van der Waals surface area (Å²) >= 11 is 0. The van der Waals surface area contributed by atoms with Gasteiger partial charge in [-0.15, -0.1) is 0 Å². The Hall–Kier alpha value is -1.09. The highest BCUT2D eigenvalue weighted by Crippen LogP contribution is 2.21. The largest absolute Gasteiger partial charge is 0.398 e. The molecule has 66 valence electrons. The van der Waals surface area contributed by atoms with Crippen molar-refractivity contribution < 1.29 is 4.39 Å². The number of benzene rings is 1. The van der Waals surface area contributed by atoms with Crippen LogP contribution in [0.15, 0.2) is 18.2 Å². The number of halogens is 1. The fourth-order valence-electron chi connectivity index (χ4n) is 1.09. The fourth-order valence-corrected chi connectivity index (χ4v) is 1.09. The number of anilines is 1. The molecule has 0 amide bonds. The van der Waals surface area contributed by atoms with Gasteiger partial charge < -0.3 is 11.5 Å². The van der Waals surface area contributed by atoms with Gasteiger partial charge in [0.25, 0.3) is 0 Å². The molecule has 0 spiro atoms. The average molecular weight is 168 g/mol. The highest BCUT2D eigenvalue weighted by Gasteiger charge is 2.07. The second-order valence-corrected chi connectivity index (χ2v) is 2.79.